The molecule has 0 bridgehead atoms. The van der Waals surface area contributed by atoms with Crippen molar-refractivity contribution < 1.29 is 4.79 Å². The van der Waals surface area contributed by atoms with Crippen molar-refractivity contribution in [1.82, 2.24) is 15.1 Å². The van der Waals surface area contributed by atoms with Crippen LogP contribution in [0, 0.1) is 6.92 Å². The zero-order valence-electron chi connectivity index (χ0n) is 11.2. The topological polar surface area (TPSA) is 72.9 Å². The number of carbonyl (C=O) groups is 1. The number of nitrogens with zero attached hydrogens (tertiary/aromatic N) is 2. The Morgan fingerprint density at radius 1 is 1.37 bits per heavy atom. The van der Waals surface area contributed by atoms with E-state index in [-0.39, 0.29) is 5.91 Å². The molecule has 1 aromatic carbocycles. The van der Waals surface area contributed by atoms with Crippen molar-refractivity contribution in [3.8, 4) is 0 Å². The average molecular weight is 258 g/mol. The van der Waals surface area contributed by atoms with Crippen molar-refractivity contribution in [2.24, 2.45) is 12.8 Å². The second kappa shape index (κ2) is 5.67. The molecule has 1 aromatic heterocycles. The quantitative estimate of drug-likeness (QED) is 0.863. The van der Waals surface area contributed by atoms with Gasteiger partial charge in [-0.2, -0.15) is 5.10 Å². The number of aryl methyl sites for hydroxylation is 2. The fourth-order valence-electron chi connectivity index (χ4n) is 2.02. The minimum Gasteiger partial charge on any atom is -0.348 e. The predicted molar refractivity (Wildman–Crippen MR) is 73.4 cm³/mol. The summed E-state index contributed by atoms with van der Waals surface area (Å²) in [6.45, 7) is 2.77. The van der Waals surface area contributed by atoms with Crippen LogP contribution in [0.3, 0.4) is 0 Å². The lowest BCUT2D eigenvalue weighted by molar-refractivity contribution is 0.0950. The Morgan fingerprint density at radius 2 is 2.05 bits per heavy atom. The van der Waals surface area contributed by atoms with Crippen LogP contribution < -0.4 is 11.1 Å². The highest BCUT2D eigenvalue weighted by molar-refractivity contribution is 5.94. The van der Waals surface area contributed by atoms with Gasteiger partial charge in [0.05, 0.1) is 11.3 Å². The van der Waals surface area contributed by atoms with Gasteiger partial charge in [-0.25, -0.2) is 0 Å². The molecule has 0 atom stereocenters. The molecule has 0 aliphatic carbocycles. The summed E-state index contributed by atoms with van der Waals surface area (Å²) in [4.78, 5) is 12.1. The molecule has 5 heteroatoms. The Balaban J connectivity index is 2.06. The monoisotopic (exact) mass is 258 g/mol. The molecule has 0 unspecified atom stereocenters. The number of hydrogen-bond acceptors (Lipinski definition) is 3. The number of rotatable bonds is 4. The summed E-state index contributed by atoms with van der Waals surface area (Å²) in [5.41, 5.74) is 9.09. The lowest BCUT2D eigenvalue weighted by Crippen LogP contribution is -2.24. The van der Waals surface area contributed by atoms with Crippen LogP contribution in [0.4, 0.5) is 0 Å². The van der Waals surface area contributed by atoms with Crippen LogP contribution in [0.1, 0.15) is 27.2 Å². The van der Waals surface area contributed by atoms with E-state index in [9.17, 15) is 4.79 Å². The number of benzene rings is 1. The maximum absolute atomic E-state index is 12.1. The first-order valence-corrected chi connectivity index (χ1v) is 6.17. The Labute approximate surface area is 112 Å². The minimum atomic E-state index is -0.113. The highest BCUT2D eigenvalue weighted by Crippen LogP contribution is 2.09. The maximum atomic E-state index is 12.1. The lowest BCUT2D eigenvalue weighted by atomic mass is 10.1. The van der Waals surface area contributed by atoms with Crippen molar-refractivity contribution >= 4 is 5.91 Å². The summed E-state index contributed by atoms with van der Waals surface area (Å²) in [6, 6.07) is 7.82. The zero-order chi connectivity index (χ0) is 13.8. The molecule has 0 saturated heterocycles. The number of nitrogens with one attached hydrogen (secondary N) is 1. The minimum absolute atomic E-state index is 0.113. The van der Waals surface area contributed by atoms with Gasteiger partial charge in [0.15, 0.2) is 0 Å². The molecular weight excluding hydrogens is 240 g/mol. The van der Waals surface area contributed by atoms with Crippen molar-refractivity contribution in [2.75, 3.05) is 0 Å². The fraction of sp³-hybridized carbons (Fsp3) is 0.286. The van der Waals surface area contributed by atoms with E-state index in [2.05, 4.69) is 10.4 Å². The number of hydrogen-bond donors (Lipinski definition) is 2. The Kier molecular flexibility index (Phi) is 3.97. The normalized spacial score (nSPS) is 10.5. The van der Waals surface area contributed by atoms with Crippen LogP contribution in [0.5, 0.6) is 0 Å². The molecule has 0 radical (unpaired) electrons. The van der Waals surface area contributed by atoms with Gasteiger partial charge in [-0.1, -0.05) is 24.3 Å². The second-order valence-electron chi connectivity index (χ2n) is 4.46. The van der Waals surface area contributed by atoms with E-state index >= 15 is 0 Å². The number of nitrogens with two attached hydrogens (primary N) is 1. The molecule has 5 nitrogen and oxygen atoms in total. The third-order valence-corrected chi connectivity index (χ3v) is 3.04. The average Bonchev–Trinajstić information content (AvgIpc) is 2.75. The van der Waals surface area contributed by atoms with E-state index in [1.165, 1.54) is 0 Å². The summed E-state index contributed by atoms with van der Waals surface area (Å²) in [5, 5.41) is 7.05. The molecule has 0 fully saturated rings. The SMILES string of the molecule is Cc1nn(C)cc1C(=O)NCc1ccccc1CN. The summed E-state index contributed by atoms with van der Waals surface area (Å²) in [7, 11) is 1.80. The molecule has 19 heavy (non-hydrogen) atoms. The van der Waals surface area contributed by atoms with Crippen LogP contribution >= 0.6 is 0 Å². The molecule has 1 heterocycles. The van der Waals surface area contributed by atoms with Gasteiger partial charge < -0.3 is 11.1 Å². The van der Waals surface area contributed by atoms with Crippen LogP contribution in [0.2, 0.25) is 0 Å². The van der Waals surface area contributed by atoms with Crippen molar-refractivity contribution in [2.45, 2.75) is 20.0 Å². The third kappa shape index (κ3) is 3.00. The largest absolute Gasteiger partial charge is 0.348 e. The van der Waals surface area contributed by atoms with Crippen LogP contribution in [-0.2, 0) is 20.1 Å². The van der Waals surface area contributed by atoms with Gasteiger partial charge in [0.1, 0.15) is 0 Å². The molecular formula is C14H18N4O. The summed E-state index contributed by atoms with van der Waals surface area (Å²) in [6.07, 6.45) is 1.72. The van der Waals surface area contributed by atoms with Gasteiger partial charge in [0.2, 0.25) is 0 Å². The van der Waals surface area contributed by atoms with Crippen molar-refractivity contribution in [1.29, 1.82) is 0 Å². The number of carbonyl (C=O) groups excluding carboxylic acids is 1. The van der Waals surface area contributed by atoms with Crippen LogP contribution in [0.25, 0.3) is 0 Å². The molecule has 100 valence electrons. The van der Waals surface area contributed by atoms with Crippen LogP contribution in [0.15, 0.2) is 30.5 Å². The number of aromatic nitrogens is 2. The lowest BCUT2D eigenvalue weighted by Gasteiger charge is -2.08. The van der Waals surface area contributed by atoms with Crippen molar-refractivity contribution in [3.63, 3.8) is 0 Å². The molecule has 3 N–H and O–H groups in total. The first-order valence-electron chi connectivity index (χ1n) is 6.17. The van der Waals surface area contributed by atoms with E-state index < -0.39 is 0 Å². The molecule has 2 rings (SSSR count). The summed E-state index contributed by atoms with van der Waals surface area (Å²) >= 11 is 0. The van der Waals surface area contributed by atoms with E-state index in [0.717, 1.165) is 16.8 Å². The Morgan fingerprint density at radius 3 is 2.63 bits per heavy atom. The van der Waals surface area contributed by atoms with Gasteiger partial charge in [0.25, 0.3) is 5.91 Å². The molecule has 2 aromatic rings. The van der Waals surface area contributed by atoms with Gasteiger partial charge in [-0.15, -0.1) is 0 Å². The molecule has 1 amide bonds. The molecule has 0 aliphatic heterocycles. The standard InChI is InChI=1S/C14H18N4O/c1-10-13(9-18(2)17-10)14(19)16-8-12-6-4-3-5-11(12)7-15/h3-6,9H,7-8,15H2,1-2H3,(H,16,19). The maximum Gasteiger partial charge on any atom is 0.255 e. The molecule has 0 spiro atoms. The first-order chi connectivity index (χ1) is 9.11. The van der Waals surface area contributed by atoms with Crippen molar-refractivity contribution in [3.05, 3.63) is 52.8 Å². The molecule has 0 aliphatic rings. The smallest absolute Gasteiger partial charge is 0.255 e. The zero-order valence-corrected chi connectivity index (χ0v) is 11.2. The molecule has 0 saturated carbocycles. The van der Waals surface area contributed by atoms with Gasteiger partial charge in [-0.05, 0) is 18.1 Å². The van der Waals surface area contributed by atoms with E-state index in [4.69, 9.17) is 5.73 Å². The van der Waals surface area contributed by atoms with Gasteiger partial charge >= 0.3 is 0 Å². The van der Waals surface area contributed by atoms with Crippen LogP contribution in [-0.4, -0.2) is 15.7 Å². The highest BCUT2D eigenvalue weighted by Gasteiger charge is 2.12. The summed E-state index contributed by atoms with van der Waals surface area (Å²) < 4.78 is 1.64. The third-order valence-electron chi connectivity index (χ3n) is 3.04. The fourth-order valence-corrected chi connectivity index (χ4v) is 2.02. The first kappa shape index (κ1) is 13.3. The van der Waals surface area contributed by atoms with Gasteiger partial charge in [0, 0.05) is 26.3 Å². The summed E-state index contributed by atoms with van der Waals surface area (Å²) in [5.74, 6) is -0.113. The van der Waals surface area contributed by atoms with E-state index in [1.807, 2.05) is 31.2 Å². The Hall–Kier alpha value is -2.14. The predicted octanol–water partition coefficient (Wildman–Crippen LogP) is 1.12. The second-order valence-corrected chi connectivity index (χ2v) is 4.46. The van der Waals surface area contributed by atoms with E-state index in [0.29, 0.717) is 18.7 Å². The number of amides is 1. The Bertz CT molecular complexity index is 589. The van der Waals surface area contributed by atoms with E-state index in [1.54, 1.807) is 17.9 Å². The highest BCUT2D eigenvalue weighted by atomic mass is 16.1. The van der Waals surface area contributed by atoms with Gasteiger partial charge in [-0.3, -0.25) is 9.48 Å².